The summed E-state index contributed by atoms with van der Waals surface area (Å²) in [7, 11) is 0. The minimum atomic E-state index is 0.125. The molecule has 1 N–H and O–H groups in total. The van der Waals surface area contributed by atoms with Crippen molar-refractivity contribution < 1.29 is 4.79 Å². The molecular formula is C12H16N6O. The fourth-order valence-electron chi connectivity index (χ4n) is 2.45. The Morgan fingerprint density at radius 3 is 2.89 bits per heavy atom. The molecule has 1 saturated heterocycles. The second kappa shape index (κ2) is 5.21. The van der Waals surface area contributed by atoms with Gasteiger partial charge in [0.2, 0.25) is 5.91 Å². The second-order valence-electron chi connectivity index (χ2n) is 4.73. The fraction of sp³-hybridized carbons (Fsp3) is 0.500. The van der Waals surface area contributed by atoms with Crippen LogP contribution >= 0.6 is 0 Å². The maximum absolute atomic E-state index is 12.1. The second-order valence-corrected chi connectivity index (χ2v) is 4.73. The third kappa shape index (κ3) is 2.64. The molecule has 0 bridgehead atoms. The van der Waals surface area contributed by atoms with Gasteiger partial charge < -0.3 is 4.90 Å². The Bertz CT molecular complexity index is 512. The third-order valence-corrected chi connectivity index (χ3v) is 3.52. The zero-order valence-corrected chi connectivity index (χ0v) is 10.6. The SMILES string of the molecule is O=C(Cn1cccn1)N1CCC(c2ncn[nH]2)CC1. The lowest BCUT2D eigenvalue weighted by Gasteiger charge is -2.31. The lowest BCUT2D eigenvalue weighted by atomic mass is 9.96. The van der Waals surface area contributed by atoms with Crippen LogP contribution in [0.2, 0.25) is 0 Å². The topological polar surface area (TPSA) is 79.7 Å². The van der Waals surface area contributed by atoms with Crippen LogP contribution in [0.3, 0.4) is 0 Å². The lowest BCUT2D eigenvalue weighted by Crippen LogP contribution is -2.40. The molecule has 2 aromatic heterocycles. The Hall–Kier alpha value is -2.18. The van der Waals surface area contributed by atoms with Gasteiger partial charge in [0, 0.05) is 31.4 Å². The van der Waals surface area contributed by atoms with E-state index < -0.39 is 0 Å². The van der Waals surface area contributed by atoms with E-state index in [0.29, 0.717) is 12.5 Å². The van der Waals surface area contributed by atoms with Crippen molar-refractivity contribution in [1.29, 1.82) is 0 Å². The predicted molar refractivity (Wildman–Crippen MR) is 67.2 cm³/mol. The molecule has 1 amide bonds. The van der Waals surface area contributed by atoms with Crippen LogP contribution < -0.4 is 0 Å². The molecule has 100 valence electrons. The number of H-pyrrole nitrogens is 1. The van der Waals surface area contributed by atoms with Gasteiger partial charge in [-0.25, -0.2) is 4.98 Å². The van der Waals surface area contributed by atoms with Crippen molar-refractivity contribution in [3.8, 4) is 0 Å². The number of aromatic nitrogens is 5. The fourth-order valence-corrected chi connectivity index (χ4v) is 2.45. The molecule has 19 heavy (non-hydrogen) atoms. The molecular weight excluding hydrogens is 244 g/mol. The average molecular weight is 260 g/mol. The number of rotatable bonds is 3. The van der Waals surface area contributed by atoms with E-state index in [2.05, 4.69) is 20.3 Å². The van der Waals surface area contributed by atoms with Crippen LogP contribution in [0.5, 0.6) is 0 Å². The van der Waals surface area contributed by atoms with Crippen LogP contribution in [-0.4, -0.2) is 48.9 Å². The summed E-state index contributed by atoms with van der Waals surface area (Å²) in [6.45, 7) is 1.86. The highest BCUT2D eigenvalue weighted by Gasteiger charge is 2.25. The number of nitrogens with zero attached hydrogens (tertiary/aromatic N) is 5. The van der Waals surface area contributed by atoms with Crippen molar-refractivity contribution >= 4 is 5.91 Å². The highest BCUT2D eigenvalue weighted by molar-refractivity contribution is 5.76. The van der Waals surface area contributed by atoms with E-state index in [0.717, 1.165) is 31.8 Å². The molecule has 0 spiro atoms. The van der Waals surface area contributed by atoms with E-state index in [9.17, 15) is 4.79 Å². The third-order valence-electron chi connectivity index (χ3n) is 3.52. The molecule has 0 aliphatic carbocycles. The van der Waals surface area contributed by atoms with E-state index in [4.69, 9.17) is 0 Å². The number of carbonyl (C=O) groups excluding carboxylic acids is 1. The average Bonchev–Trinajstić information content (AvgIpc) is 3.12. The van der Waals surface area contributed by atoms with Gasteiger partial charge in [0.1, 0.15) is 18.7 Å². The largest absolute Gasteiger partial charge is 0.341 e. The highest BCUT2D eigenvalue weighted by Crippen LogP contribution is 2.24. The van der Waals surface area contributed by atoms with E-state index in [1.165, 1.54) is 6.33 Å². The quantitative estimate of drug-likeness (QED) is 0.866. The molecule has 1 aliphatic rings. The number of likely N-dealkylation sites (tertiary alicyclic amines) is 1. The number of hydrogen-bond acceptors (Lipinski definition) is 4. The van der Waals surface area contributed by atoms with Gasteiger partial charge in [-0.2, -0.15) is 10.2 Å². The number of hydrogen-bond donors (Lipinski definition) is 1. The van der Waals surface area contributed by atoms with Gasteiger partial charge in [0.15, 0.2) is 0 Å². The van der Waals surface area contributed by atoms with E-state index >= 15 is 0 Å². The lowest BCUT2D eigenvalue weighted by molar-refractivity contribution is -0.133. The Labute approximate surface area is 110 Å². The minimum absolute atomic E-state index is 0.125. The van der Waals surface area contributed by atoms with Crippen molar-refractivity contribution in [3.63, 3.8) is 0 Å². The summed E-state index contributed by atoms with van der Waals surface area (Å²) >= 11 is 0. The summed E-state index contributed by atoms with van der Waals surface area (Å²) < 4.78 is 1.66. The molecule has 3 heterocycles. The van der Waals surface area contributed by atoms with Crippen LogP contribution in [0.25, 0.3) is 0 Å². The van der Waals surface area contributed by atoms with Gasteiger partial charge in [-0.05, 0) is 18.9 Å². The van der Waals surface area contributed by atoms with Crippen molar-refractivity contribution in [2.75, 3.05) is 13.1 Å². The van der Waals surface area contributed by atoms with Gasteiger partial charge in [-0.1, -0.05) is 0 Å². The number of amides is 1. The number of nitrogens with one attached hydrogen (secondary N) is 1. The van der Waals surface area contributed by atoms with Gasteiger partial charge in [-0.3, -0.25) is 14.6 Å². The van der Waals surface area contributed by atoms with Gasteiger partial charge in [0.25, 0.3) is 0 Å². The number of piperidine rings is 1. The van der Waals surface area contributed by atoms with E-state index in [-0.39, 0.29) is 5.91 Å². The summed E-state index contributed by atoms with van der Waals surface area (Å²) in [5.74, 6) is 1.44. The van der Waals surface area contributed by atoms with Crippen molar-refractivity contribution in [3.05, 3.63) is 30.6 Å². The first-order valence-corrected chi connectivity index (χ1v) is 6.43. The summed E-state index contributed by atoms with van der Waals surface area (Å²) in [4.78, 5) is 18.2. The number of carbonyl (C=O) groups is 1. The zero-order valence-electron chi connectivity index (χ0n) is 10.6. The molecule has 0 atom stereocenters. The smallest absolute Gasteiger partial charge is 0.244 e. The predicted octanol–water partition coefficient (Wildman–Crippen LogP) is 0.407. The van der Waals surface area contributed by atoms with Crippen molar-refractivity contribution in [1.82, 2.24) is 29.9 Å². The molecule has 0 radical (unpaired) electrons. The monoisotopic (exact) mass is 260 g/mol. The first-order valence-electron chi connectivity index (χ1n) is 6.43. The van der Waals surface area contributed by atoms with E-state index in [1.807, 2.05) is 11.0 Å². The molecule has 7 heteroatoms. The van der Waals surface area contributed by atoms with E-state index in [1.54, 1.807) is 17.1 Å². The van der Waals surface area contributed by atoms with Crippen molar-refractivity contribution in [2.24, 2.45) is 0 Å². The molecule has 1 fully saturated rings. The minimum Gasteiger partial charge on any atom is -0.341 e. The highest BCUT2D eigenvalue weighted by atomic mass is 16.2. The van der Waals surface area contributed by atoms with Crippen LogP contribution in [0.1, 0.15) is 24.6 Å². The molecule has 7 nitrogen and oxygen atoms in total. The number of aromatic amines is 1. The van der Waals surface area contributed by atoms with Gasteiger partial charge in [-0.15, -0.1) is 0 Å². The molecule has 0 saturated carbocycles. The Morgan fingerprint density at radius 1 is 1.42 bits per heavy atom. The first-order chi connectivity index (χ1) is 9.33. The standard InChI is InChI=1S/C12H16N6O/c19-11(8-18-5-1-4-15-18)17-6-2-10(3-7-17)12-13-9-14-16-12/h1,4-5,9-10H,2-3,6-8H2,(H,13,14,16). The normalized spacial score (nSPS) is 16.7. The Morgan fingerprint density at radius 2 is 2.26 bits per heavy atom. The van der Waals surface area contributed by atoms with Crippen LogP contribution in [0.15, 0.2) is 24.8 Å². The summed E-state index contributed by atoms with van der Waals surface area (Å²) in [6, 6.07) is 1.82. The summed E-state index contributed by atoms with van der Waals surface area (Å²) in [5, 5.41) is 10.8. The molecule has 0 unspecified atom stereocenters. The maximum Gasteiger partial charge on any atom is 0.244 e. The molecule has 0 aromatic carbocycles. The Kier molecular flexibility index (Phi) is 3.26. The van der Waals surface area contributed by atoms with Crippen LogP contribution in [-0.2, 0) is 11.3 Å². The van der Waals surface area contributed by atoms with Crippen LogP contribution in [0, 0.1) is 0 Å². The maximum atomic E-state index is 12.1. The Balaban J connectivity index is 1.54. The molecule has 3 rings (SSSR count). The zero-order chi connectivity index (χ0) is 13.1. The summed E-state index contributed by atoms with van der Waals surface area (Å²) in [6.07, 6.45) is 6.88. The van der Waals surface area contributed by atoms with Gasteiger partial charge in [0.05, 0.1) is 0 Å². The van der Waals surface area contributed by atoms with Crippen molar-refractivity contribution in [2.45, 2.75) is 25.3 Å². The molecule has 1 aliphatic heterocycles. The summed E-state index contributed by atoms with van der Waals surface area (Å²) in [5.41, 5.74) is 0. The first kappa shape index (κ1) is 11.9. The van der Waals surface area contributed by atoms with Crippen LogP contribution in [0.4, 0.5) is 0 Å². The van der Waals surface area contributed by atoms with Gasteiger partial charge >= 0.3 is 0 Å². The molecule has 2 aromatic rings.